The number of carboxylic acid groups (broad SMARTS) is 1. The molecular formula is C10H15N3O3. The first-order chi connectivity index (χ1) is 7.58. The lowest BCUT2D eigenvalue weighted by atomic mass is 10.3. The molecule has 0 amide bonds. The fourth-order valence-corrected chi connectivity index (χ4v) is 1.58. The smallest absolute Gasteiger partial charge is 0.307 e. The van der Waals surface area contributed by atoms with Crippen molar-refractivity contribution in [3.63, 3.8) is 0 Å². The van der Waals surface area contributed by atoms with Crippen LogP contribution in [0, 0.1) is 5.92 Å². The minimum Gasteiger partial charge on any atom is -0.481 e. The number of carboxylic acids is 1. The van der Waals surface area contributed by atoms with Crippen LogP contribution in [0.4, 0.5) is 0 Å². The summed E-state index contributed by atoms with van der Waals surface area (Å²) >= 11 is 0. The molecule has 1 saturated carbocycles. The Hall–Kier alpha value is -1.43. The third-order valence-electron chi connectivity index (χ3n) is 2.69. The molecule has 0 spiro atoms. The van der Waals surface area contributed by atoms with Crippen molar-refractivity contribution in [2.75, 3.05) is 20.6 Å². The number of aliphatic carboxylic acids is 1. The van der Waals surface area contributed by atoms with Crippen molar-refractivity contribution in [3.05, 3.63) is 11.7 Å². The Bertz CT molecular complexity index is 388. The number of likely N-dealkylation sites (N-methyl/N-ethyl adjacent to an activating group) is 1. The Morgan fingerprint density at radius 3 is 2.94 bits per heavy atom. The van der Waals surface area contributed by atoms with Gasteiger partial charge in [-0.1, -0.05) is 5.16 Å². The Morgan fingerprint density at radius 1 is 1.62 bits per heavy atom. The van der Waals surface area contributed by atoms with Gasteiger partial charge in [0.1, 0.15) is 0 Å². The van der Waals surface area contributed by atoms with Crippen LogP contribution in [0.15, 0.2) is 4.52 Å². The number of rotatable bonds is 5. The first-order valence-corrected chi connectivity index (χ1v) is 5.28. The molecule has 0 bridgehead atoms. The van der Waals surface area contributed by atoms with Gasteiger partial charge in [0.05, 0.1) is 11.8 Å². The second-order valence-corrected chi connectivity index (χ2v) is 4.39. The average Bonchev–Trinajstić information content (AvgIpc) is 2.88. The maximum atomic E-state index is 10.7. The van der Waals surface area contributed by atoms with E-state index in [1.807, 2.05) is 19.0 Å². The zero-order valence-corrected chi connectivity index (χ0v) is 9.38. The van der Waals surface area contributed by atoms with Crippen LogP contribution in [0.3, 0.4) is 0 Å². The second-order valence-electron chi connectivity index (χ2n) is 4.39. The molecule has 2 atom stereocenters. The lowest BCUT2D eigenvalue weighted by molar-refractivity contribution is -0.138. The van der Waals surface area contributed by atoms with Gasteiger partial charge in [0, 0.05) is 13.0 Å². The van der Waals surface area contributed by atoms with Crippen molar-refractivity contribution in [3.8, 4) is 0 Å². The van der Waals surface area contributed by atoms with Crippen molar-refractivity contribution < 1.29 is 14.4 Å². The third-order valence-corrected chi connectivity index (χ3v) is 2.69. The van der Waals surface area contributed by atoms with Gasteiger partial charge in [-0.3, -0.25) is 4.79 Å². The number of carbonyl (C=O) groups is 1. The van der Waals surface area contributed by atoms with Gasteiger partial charge < -0.3 is 14.5 Å². The Balaban J connectivity index is 1.91. The Morgan fingerprint density at radius 2 is 2.38 bits per heavy atom. The van der Waals surface area contributed by atoms with E-state index in [0.717, 1.165) is 13.0 Å². The highest BCUT2D eigenvalue weighted by Crippen LogP contribution is 2.46. The van der Waals surface area contributed by atoms with Crippen molar-refractivity contribution in [2.24, 2.45) is 5.92 Å². The molecule has 1 fully saturated rings. The molecule has 88 valence electrons. The quantitative estimate of drug-likeness (QED) is 0.779. The molecule has 1 aliphatic carbocycles. The molecule has 6 nitrogen and oxygen atoms in total. The lowest BCUT2D eigenvalue weighted by Gasteiger charge is -2.05. The average molecular weight is 225 g/mol. The Kier molecular flexibility index (Phi) is 2.91. The molecular weight excluding hydrogens is 210 g/mol. The van der Waals surface area contributed by atoms with E-state index in [2.05, 4.69) is 10.1 Å². The number of nitrogens with zero attached hydrogens (tertiary/aromatic N) is 3. The molecule has 1 aromatic heterocycles. The van der Waals surface area contributed by atoms with E-state index in [4.69, 9.17) is 9.63 Å². The maximum absolute atomic E-state index is 10.7. The predicted octanol–water partition coefficient (Wildman–Crippen LogP) is 0.362. The van der Waals surface area contributed by atoms with Crippen LogP contribution in [-0.2, 0) is 11.2 Å². The molecule has 0 radical (unpaired) electrons. The van der Waals surface area contributed by atoms with Crippen molar-refractivity contribution in [1.29, 1.82) is 0 Å². The topological polar surface area (TPSA) is 79.5 Å². The summed E-state index contributed by atoms with van der Waals surface area (Å²) < 4.78 is 5.06. The normalized spacial score (nSPS) is 23.7. The van der Waals surface area contributed by atoms with E-state index in [1.54, 1.807) is 0 Å². The van der Waals surface area contributed by atoms with E-state index in [-0.39, 0.29) is 11.8 Å². The van der Waals surface area contributed by atoms with Gasteiger partial charge in [-0.25, -0.2) is 0 Å². The summed E-state index contributed by atoms with van der Waals surface area (Å²) in [5.74, 6) is -0.0563. The summed E-state index contributed by atoms with van der Waals surface area (Å²) in [4.78, 5) is 16.9. The summed E-state index contributed by atoms with van der Waals surface area (Å²) in [6.07, 6.45) is 1.34. The van der Waals surface area contributed by atoms with E-state index in [0.29, 0.717) is 18.1 Å². The van der Waals surface area contributed by atoms with Crippen molar-refractivity contribution >= 4 is 5.97 Å². The van der Waals surface area contributed by atoms with E-state index < -0.39 is 5.97 Å². The minimum absolute atomic E-state index is 0.0712. The number of hydrogen-bond acceptors (Lipinski definition) is 5. The van der Waals surface area contributed by atoms with E-state index in [9.17, 15) is 4.79 Å². The van der Waals surface area contributed by atoms with Crippen LogP contribution >= 0.6 is 0 Å². The molecule has 6 heteroatoms. The number of hydrogen-bond donors (Lipinski definition) is 1. The summed E-state index contributed by atoms with van der Waals surface area (Å²) in [7, 11) is 3.95. The third kappa shape index (κ3) is 2.38. The van der Waals surface area contributed by atoms with Gasteiger partial charge in [-0.05, 0) is 20.5 Å². The fraction of sp³-hybridized carbons (Fsp3) is 0.700. The second kappa shape index (κ2) is 4.21. The van der Waals surface area contributed by atoms with Gasteiger partial charge in [-0.15, -0.1) is 0 Å². The van der Waals surface area contributed by atoms with Gasteiger partial charge in [-0.2, -0.15) is 4.98 Å². The zero-order valence-electron chi connectivity index (χ0n) is 9.38. The van der Waals surface area contributed by atoms with Crippen LogP contribution in [0.25, 0.3) is 0 Å². The van der Waals surface area contributed by atoms with Gasteiger partial charge in [0.2, 0.25) is 5.89 Å². The summed E-state index contributed by atoms with van der Waals surface area (Å²) in [6, 6.07) is 0. The molecule has 16 heavy (non-hydrogen) atoms. The van der Waals surface area contributed by atoms with Gasteiger partial charge in [0.15, 0.2) is 5.82 Å². The first-order valence-electron chi connectivity index (χ1n) is 5.28. The van der Waals surface area contributed by atoms with Crippen molar-refractivity contribution in [1.82, 2.24) is 15.0 Å². The molecule has 1 aliphatic rings. The van der Waals surface area contributed by atoms with Crippen molar-refractivity contribution in [2.45, 2.75) is 18.8 Å². The highest BCUT2D eigenvalue weighted by Gasteiger charge is 2.48. The minimum atomic E-state index is -0.780. The van der Waals surface area contributed by atoms with Gasteiger partial charge in [0.25, 0.3) is 0 Å². The summed E-state index contributed by atoms with van der Waals surface area (Å²) in [5.41, 5.74) is 0. The monoisotopic (exact) mass is 225 g/mol. The zero-order chi connectivity index (χ0) is 11.7. The fourth-order valence-electron chi connectivity index (χ4n) is 1.58. The van der Waals surface area contributed by atoms with E-state index in [1.165, 1.54) is 0 Å². The first kappa shape index (κ1) is 11.1. The van der Waals surface area contributed by atoms with Gasteiger partial charge >= 0.3 is 5.97 Å². The van der Waals surface area contributed by atoms with Crippen LogP contribution in [0.5, 0.6) is 0 Å². The SMILES string of the molecule is CN(C)CCc1noc(C2CC2C(=O)O)n1. The molecule has 0 saturated heterocycles. The molecule has 0 aliphatic heterocycles. The summed E-state index contributed by atoms with van der Waals surface area (Å²) in [5, 5.41) is 12.6. The van der Waals surface area contributed by atoms with Crippen LogP contribution in [-0.4, -0.2) is 46.8 Å². The highest BCUT2D eigenvalue weighted by molar-refractivity contribution is 5.74. The predicted molar refractivity (Wildman–Crippen MR) is 55.0 cm³/mol. The molecule has 1 N–H and O–H groups in total. The largest absolute Gasteiger partial charge is 0.481 e. The van der Waals surface area contributed by atoms with Crippen LogP contribution in [0.2, 0.25) is 0 Å². The number of aromatic nitrogens is 2. The maximum Gasteiger partial charge on any atom is 0.307 e. The molecule has 0 aromatic carbocycles. The van der Waals surface area contributed by atoms with Crippen LogP contribution in [0.1, 0.15) is 24.1 Å². The molecule has 2 unspecified atom stereocenters. The molecule has 1 heterocycles. The molecule has 2 rings (SSSR count). The Labute approximate surface area is 93.2 Å². The van der Waals surface area contributed by atoms with Crippen LogP contribution < -0.4 is 0 Å². The highest BCUT2D eigenvalue weighted by atomic mass is 16.5. The molecule has 1 aromatic rings. The van der Waals surface area contributed by atoms with E-state index >= 15 is 0 Å². The lowest BCUT2D eigenvalue weighted by Crippen LogP contribution is -2.15. The standard InChI is InChI=1S/C10H15N3O3/c1-13(2)4-3-8-11-9(16-12-8)6-5-7(6)10(14)15/h6-7H,3-5H2,1-2H3,(H,14,15). The summed E-state index contributed by atoms with van der Waals surface area (Å²) in [6.45, 7) is 0.853.